The minimum absolute atomic E-state index is 0.0196. The second kappa shape index (κ2) is 9.67. The zero-order valence-corrected chi connectivity index (χ0v) is 18.5. The standard InChI is InChI=1S/C23H29N5O4/c1-4-6-13-27(19-20(24)28(12-5-2)23(32)25-21(19)30)18(29)11-14-26-15(3)16-9-7-8-10-17(16)22(26)31/h7-10H,3-6,11-14,24H2,1-2H3,(H,25,30,32). The average Bonchev–Trinajstić information content (AvgIpc) is 3.01. The van der Waals surface area contributed by atoms with E-state index in [4.69, 9.17) is 5.73 Å². The number of carbonyl (C=O) groups is 2. The molecule has 2 amide bonds. The van der Waals surface area contributed by atoms with Crippen LogP contribution in [0.5, 0.6) is 0 Å². The van der Waals surface area contributed by atoms with Crippen molar-refractivity contribution in [1.82, 2.24) is 14.5 Å². The first kappa shape index (κ1) is 23.1. The van der Waals surface area contributed by atoms with Crippen LogP contribution in [-0.4, -0.2) is 39.4 Å². The highest BCUT2D eigenvalue weighted by molar-refractivity contribution is 6.09. The van der Waals surface area contributed by atoms with E-state index in [9.17, 15) is 19.2 Å². The van der Waals surface area contributed by atoms with Crippen molar-refractivity contribution in [2.75, 3.05) is 23.7 Å². The lowest BCUT2D eigenvalue weighted by Crippen LogP contribution is -2.42. The van der Waals surface area contributed by atoms with Crippen LogP contribution in [0, 0.1) is 0 Å². The molecule has 1 aromatic carbocycles. The quantitative estimate of drug-likeness (QED) is 0.620. The molecule has 1 aliphatic heterocycles. The molecule has 9 heteroatoms. The van der Waals surface area contributed by atoms with Crippen LogP contribution in [0.15, 0.2) is 40.4 Å². The Morgan fingerprint density at radius 2 is 1.78 bits per heavy atom. The van der Waals surface area contributed by atoms with E-state index in [1.54, 1.807) is 12.1 Å². The maximum atomic E-state index is 13.2. The Labute approximate surface area is 186 Å². The number of rotatable bonds is 9. The molecular weight excluding hydrogens is 410 g/mol. The third kappa shape index (κ3) is 4.23. The number of aromatic amines is 1. The summed E-state index contributed by atoms with van der Waals surface area (Å²) in [4.78, 5) is 55.8. The molecule has 0 fully saturated rings. The van der Waals surface area contributed by atoms with Gasteiger partial charge in [-0.25, -0.2) is 4.79 Å². The Kier molecular flexibility index (Phi) is 6.97. The summed E-state index contributed by atoms with van der Waals surface area (Å²) in [6, 6.07) is 7.17. The van der Waals surface area contributed by atoms with E-state index >= 15 is 0 Å². The number of nitrogens with zero attached hydrogens (tertiary/aromatic N) is 3. The van der Waals surface area contributed by atoms with Gasteiger partial charge in [-0.2, -0.15) is 0 Å². The van der Waals surface area contributed by atoms with Gasteiger partial charge in [0.25, 0.3) is 11.5 Å². The van der Waals surface area contributed by atoms with Crippen molar-refractivity contribution < 1.29 is 9.59 Å². The summed E-state index contributed by atoms with van der Waals surface area (Å²) >= 11 is 0. The molecule has 1 aromatic heterocycles. The summed E-state index contributed by atoms with van der Waals surface area (Å²) in [7, 11) is 0. The number of aromatic nitrogens is 2. The smallest absolute Gasteiger partial charge is 0.330 e. The Morgan fingerprint density at radius 1 is 1.09 bits per heavy atom. The average molecular weight is 440 g/mol. The first-order valence-electron chi connectivity index (χ1n) is 10.8. The molecule has 0 saturated heterocycles. The van der Waals surface area contributed by atoms with E-state index in [2.05, 4.69) is 11.6 Å². The highest BCUT2D eigenvalue weighted by atomic mass is 16.2. The van der Waals surface area contributed by atoms with Gasteiger partial charge in [0.05, 0.1) is 0 Å². The number of nitrogen functional groups attached to an aromatic ring is 1. The summed E-state index contributed by atoms with van der Waals surface area (Å²) in [5.41, 5.74) is 6.71. The van der Waals surface area contributed by atoms with Gasteiger partial charge in [-0.05, 0) is 18.9 Å². The van der Waals surface area contributed by atoms with Gasteiger partial charge in [0, 0.05) is 42.9 Å². The lowest BCUT2D eigenvalue weighted by Gasteiger charge is -2.25. The number of benzene rings is 1. The maximum absolute atomic E-state index is 13.2. The summed E-state index contributed by atoms with van der Waals surface area (Å²) in [5, 5.41) is 0. The van der Waals surface area contributed by atoms with E-state index in [1.165, 1.54) is 14.4 Å². The third-order valence-corrected chi connectivity index (χ3v) is 5.56. The van der Waals surface area contributed by atoms with Crippen LogP contribution in [0.4, 0.5) is 11.5 Å². The fourth-order valence-electron chi connectivity index (χ4n) is 3.87. The van der Waals surface area contributed by atoms with Crippen LogP contribution >= 0.6 is 0 Å². The van der Waals surface area contributed by atoms with Crippen LogP contribution in [0.1, 0.15) is 55.5 Å². The van der Waals surface area contributed by atoms with Crippen LogP contribution in [0.2, 0.25) is 0 Å². The van der Waals surface area contributed by atoms with Crippen molar-refractivity contribution in [2.45, 2.75) is 46.1 Å². The lowest BCUT2D eigenvalue weighted by molar-refractivity contribution is -0.118. The number of nitrogens with one attached hydrogen (secondary N) is 1. The number of hydrogen-bond acceptors (Lipinski definition) is 5. The molecule has 2 aromatic rings. The van der Waals surface area contributed by atoms with E-state index < -0.39 is 11.2 Å². The third-order valence-electron chi connectivity index (χ3n) is 5.56. The largest absolute Gasteiger partial charge is 0.383 e. The van der Waals surface area contributed by atoms with E-state index in [0.29, 0.717) is 30.6 Å². The predicted molar refractivity (Wildman–Crippen MR) is 124 cm³/mol. The van der Waals surface area contributed by atoms with Crippen LogP contribution in [0.3, 0.4) is 0 Å². The van der Waals surface area contributed by atoms with Gasteiger partial charge >= 0.3 is 5.69 Å². The van der Waals surface area contributed by atoms with Crippen molar-refractivity contribution >= 4 is 29.0 Å². The van der Waals surface area contributed by atoms with Crippen molar-refractivity contribution in [3.63, 3.8) is 0 Å². The van der Waals surface area contributed by atoms with Gasteiger partial charge in [-0.3, -0.25) is 23.9 Å². The van der Waals surface area contributed by atoms with E-state index in [0.717, 1.165) is 12.0 Å². The molecular formula is C23H29N5O4. The normalized spacial score (nSPS) is 12.9. The van der Waals surface area contributed by atoms with Gasteiger partial charge in [0.1, 0.15) is 5.82 Å². The summed E-state index contributed by atoms with van der Waals surface area (Å²) in [5.74, 6) is -0.583. The number of fused-ring (bicyclic) bond motifs is 1. The van der Waals surface area contributed by atoms with Crippen LogP contribution in [-0.2, 0) is 11.3 Å². The minimum Gasteiger partial charge on any atom is -0.383 e. The lowest BCUT2D eigenvalue weighted by atomic mass is 10.1. The molecule has 0 bridgehead atoms. The summed E-state index contributed by atoms with van der Waals surface area (Å²) in [6.07, 6.45) is 2.07. The van der Waals surface area contributed by atoms with Crippen molar-refractivity contribution in [1.29, 1.82) is 0 Å². The second-order valence-electron chi connectivity index (χ2n) is 7.74. The highest BCUT2D eigenvalue weighted by Gasteiger charge is 2.31. The molecule has 0 spiro atoms. The molecule has 0 radical (unpaired) electrons. The SMILES string of the molecule is C=C1c2ccccc2C(=O)N1CCC(=O)N(CCCC)c1c(N)n(CCC)c(=O)[nH]c1=O. The van der Waals surface area contributed by atoms with Gasteiger partial charge in [0.2, 0.25) is 5.91 Å². The molecule has 170 valence electrons. The first-order valence-corrected chi connectivity index (χ1v) is 10.8. The zero-order chi connectivity index (χ0) is 23.4. The monoisotopic (exact) mass is 439 g/mol. The first-order chi connectivity index (χ1) is 15.3. The van der Waals surface area contributed by atoms with Gasteiger partial charge in [-0.15, -0.1) is 0 Å². The zero-order valence-electron chi connectivity index (χ0n) is 18.5. The van der Waals surface area contributed by atoms with Gasteiger partial charge in [-0.1, -0.05) is 45.0 Å². The van der Waals surface area contributed by atoms with E-state index in [-0.39, 0.29) is 42.8 Å². The molecule has 0 atom stereocenters. The van der Waals surface area contributed by atoms with E-state index in [1.807, 2.05) is 26.0 Å². The molecule has 3 rings (SSSR count). The number of nitrogens with two attached hydrogens (primary N) is 1. The molecule has 3 N–H and O–H groups in total. The Hall–Kier alpha value is -3.62. The van der Waals surface area contributed by atoms with Gasteiger partial charge in [0.15, 0.2) is 5.69 Å². The van der Waals surface area contributed by atoms with Crippen LogP contribution < -0.4 is 21.9 Å². The number of unbranched alkanes of at least 4 members (excludes halogenated alkanes) is 1. The Morgan fingerprint density at radius 3 is 2.41 bits per heavy atom. The highest BCUT2D eigenvalue weighted by Crippen LogP contribution is 2.31. The minimum atomic E-state index is -0.696. The van der Waals surface area contributed by atoms with Crippen molar-refractivity contribution in [3.8, 4) is 0 Å². The molecule has 0 unspecified atom stereocenters. The molecule has 1 aliphatic rings. The number of amides is 2. The molecule has 2 heterocycles. The molecule has 0 saturated carbocycles. The van der Waals surface area contributed by atoms with Gasteiger partial charge < -0.3 is 15.5 Å². The Bertz CT molecular complexity index is 1130. The number of H-pyrrole nitrogens is 1. The predicted octanol–water partition coefficient (Wildman–Crippen LogP) is 2.18. The molecule has 9 nitrogen and oxygen atoms in total. The Balaban J connectivity index is 1.87. The number of anilines is 2. The number of hydrogen-bond donors (Lipinski definition) is 2. The topological polar surface area (TPSA) is 121 Å². The maximum Gasteiger partial charge on any atom is 0.330 e. The van der Waals surface area contributed by atoms with Crippen molar-refractivity contribution in [2.24, 2.45) is 0 Å². The van der Waals surface area contributed by atoms with Crippen molar-refractivity contribution in [3.05, 3.63) is 62.8 Å². The molecule has 0 aliphatic carbocycles. The number of carbonyl (C=O) groups excluding carboxylic acids is 2. The fraction of sp³-hybridized carbons (Fsp3) is 0.391. The van der Waals surface area contributed by atoms with Crippen LogP contribution in [0.25, 0.3) is 5.70 Å². The molecule has 32 heavy (non-hydrogen) atoms. The summed E-state index contributed by atoms with van der Waals surface area (Å²) < 4.78 is 1.27. The second-order valence-corrected chi connectivity index (χ2v) is 7.74. The fourth-order valence-corrected chi connectivity index (χ4v) is 3.87. The summed E-state index contributed by atoms with van der Waals surface area (Å²) in [6.45, 7) is 8.58.